The van der Waals surface area contributed by atoms with Gasteiger partial charge in [0, 0.05) is 12.2 Å². The number of benzene rings is 3. The molecule has 29 heavy (non-hydrogen) atoms. The van der Waals surface area contributed by atoms with E-state index in [1.165, 1.54) is 17.7 Å². The van der Waals surface area contributed by atoms with Crippen LogP contribution < -0.4 is 4.90 Å². The molecule has 0 aromatic heterocycles. The van der Waals surface area contributed by atoms with Gasteiger partial charge in [-0.25, -0.2) is 0 Å². The molecule has 0 radical (unpaired) electrons. The molecule has 2 N–H and O–H groups in total. The van der Waals surface area contributed by atoms with E-state index in [0.29, 0.717) is 11.8 Å². The van der Waals surface area contributed by atoms with E-state index < -0.39 is 0 Å². The predicted molar refractivity (Wildman–Crippen MR) is 122 cm³/mol. The van der Waals surface area contributed by atoms with Gasteiger partial charge in [0.25, 0.3) is 0 Å². The fourth-order valence-corrected chi connectivity index (χ4v) is 3.27. The van der Waals surface area contributed by atoms with E-state index in [1.54, 1.807) is 12.1 Å². The lowest BCUT2D eigenvalue weighted by molar-refractivity contribution is 0.173. The molecule has 1 aliphatic heterocycles. The zero-order chi connectivity index (χ0) is 21.1. The van der Waals surface area contributed by atoms with Crippen LogP contribution in [-0.2, 0) is 0 Å². The number of aliphatic hydroxyl groups excluding tert-OH is 1. The van der Waals surface area contributed by atoms with Crippen LogP contribution in [0.5, 0.6) is 5.75 Å². The highest BCUT2D eigenvalue weighted by atomic mass is 16.3. The van der Waals surface area contributed by atoms with Crippen LogP contribution in [-0.4, -0.2) is 16.8 Å². The Morgan fingerprint density at radius 3 is 1.90 bits per heavy atom. The lowest BCUT2D eigenvalue weighted by Crippen LogP contribution is -2.40. The number of phenols is 1. The average molecular weight is 392 g/mol. The van der Waals surface area contributed by atoms with Crippen LogP contribution in [0.2, 0.25) is 0 Å². The van der Waals surface area contributed by atoms with Crippen molar-refractivity contribution in [2.75, 3.05) is 11.4 Å². The van der Waals surface area contributed by atoms with Gasteiger partial charge in [0.05, 0.1) is 12.1 Å². The molecule has 0 spiro atoms. The molecule has 0 saturated carbocycles. The highest BCUT2D eigenvalue weighted by Gasteiger charge is 2.29. The van der Waals surface area contributed by atoms with E-state index in [4.69, 9.17) is 0 Å². The van der Waals surface area contributed by atoms with Crippen LogP contribution in [0.25, 0.3) is 0 Å². The number of aliphatic hydroxyl groups is 1. The Balaban J connectivity index is 0.000000215. The predicted octanol–water partition coefficient (Wildman–Crippen LogP) is 6.50. The maximum absolute atomic E-state index is 9.33. The molecular weight excluding hydrogens is 358 g/mol. The molecule has 1 saturated heterocycles. The SMILES string of the molecule is CC.CCC(O)c1ccccc1.Oc1ccc(C2CCN2c2ccccc2)cc1. The Hall–Kier alpha value is -2.78. The third-order valence-corrected chi connectivity index (χ3v) is 4.96. The zero-order valence-electron chi connectivity index (χ0n) is 17.7. The molecule has 4 rings (SSSR count). The molecule has 0 bridgehead atoms. The smallest absolute Gasteiger partial charge is 0.115 e. The quantitative estimate of drug-likeness (QED) is 0.533. The van der Waals surface area contributed by atoms with Gasteiger partial charge < -0.3 is 15.1 Å². The molecule has 1 aliphatic rings. The molecular formula is C26H33NO2. The Kier molecular flexibility index (Phi) is 9.26. The number of hydrogen-bond donors (Lipinski definition) is 2. The van der Waals surface area contributed by atoms with E-state index in [2.05, 4.69) is 29.2 Å². The van der Waals surface area contributed by atoms with Crippen LogP contribution >= 0.6 is 0 Å². The van der Waals surface area contributed by atoms with Gasteiger partial charge in [-0.05, 0) is 48.2 Å². The van der Waals surface area contributed by atoms with Crippen LogP contribution in [0.4, 0.5) is 5.69 Å². The van der Waals surface area contributed by atoms with Gasteiger partial charge in [-0.15, -0.1) is 0 Å². The molecule has 0 aliphatic carbocycles. The molecule has 1 fully saturated rings. The number of nitrogens with zero attached hydrogens (tertiary/aromatic N) is 1. The van der Waals surface area contributed by atoms with E-state index in [-0.39, 0.29) is 6.10 Å². The Morgan fingerprint density at radius 1 is 0.862 bits per heavy atom. The summed E-state index contributed by atoms with van der Waals surface area (Å²) < 4.78 is 0. The van der Waals surface area contributed by atoms with Crippen molar-refractivity contribution in [1.82, 2.24) is 0 Å². The van der Waals surface area contributed by atoms with Crippen molar-refractivity contribution in [2.24, 2.45) is 0 Å². The fraction of sp³-hybridized carbons (Fsp3) is 0.308. The van der Waals surface area contributed by atoms with Gasteiger partial charge >= 0.3 is 0 Å². The summed E-state index contributed by atoms with van der Waals surface area (Å²) in [6.07, 6.45) is 1.67. The second-order valence-corrected chi connectivity index (χ2v) is 6.76. The van der Waals surface area contributed by atoms with E-state index >= 15 is 0 Å². The summed E-state index contributed by atoms with van der Waals surface area (Å²) in [5.74, 6) is 0.333. The van der Waals surface area contributed by atoms with E-state index in [9.17, 15) is 10.2 Å². The minimum atomic E-state index is -0.291. The first-order valence-electron chi connectivity index (χ1n) is 10.5. The largest absolute Gasteiger partial charge is 0.508 e. The van der Waals surface area contributed by atoms with Gasteiger partial charge in [0.1, 0.15) is 5.75 Å². The summed E-state index contributed by atoms with van der Waals surface area (Å²) in [6.45, 7) is 7.08. The third kappa shape index (κ3) is 6.37. The number of anilines is 1. The molecule has 0 amide bonds. The van der Waals surface area contributed by atoms with Gasteiger partial charge in [-0.3, -0.25) is 0 Å². The number of aromatic hydroxyl groups is 1. The molecule has 154 valence electrons. The first-order chi connectivity index (χ1) is 14.2. The Labute approximate surface area is 175 Å². The van der Waals surface area contributed by atoms with Crippen LogP contribution in [0.3, 0.4) is 0 Å². The van der Waals surface area contributed by atoms with E-state index in [0.717, 1.165) is 18.5 Å². The normalized spacial score (nSPS) is 15.7. The van der Waals surface area contributed by atoms with Crippen molar-refractivity contribution >= 4 is 5.69 Å². The van der Waals surface area contributed by atoms with Crippen LogP contribution in [0.15, 0.2) is 84.9 Å². The lowest BCUT2D eigenvalue weighted by atomic mass is 9.94. The summed E-state index contributed by atoms with van der Waals surface area (Å²) in [5, 5.41) is 18.6. The Morgan fingerprint density at radius 2 is 1.41 bits per heavy atom. The first-order valence-corrected chi connectivity index (χ1v) is 10.5. The van der Waals surface area contributed by atoms with Crippen molar-refractivity contribution in [1.29, 1.82) is 0 Å². The van der Waals surface area contributed by atoms with Gasteiger partial charge in [-0.2, -0.15) is 0 Å². The molecule has 3 aromatic carbocycles. The lowest BCUT2D eigenvalue weighted by Gasteiger charge is -2.43. The van der Waals surface area contributed by atoms with Crippen molar-refractivity contribution in [2.45, 2.75) is 45.8 Å². The number of phenolic OH excluding ortho intramolecular Hbond substituents is 1. The second-order valence-electron chi connectivity index (χ2n) is 6.76. The third-order valence-electron chi connectivity index (χ3n) is 4.96. The summed E-state index contributed by atoms with van der Waals surface area (Å²) in [5.41, 5.74) is 3.56. The molecule has 1 heterocycles. The average Bonchev–Trinajstić information content (AvgIpc) is 2.77. The highest BCUT2D eigenvalue weighted by molar-refractivity contribution is 5.51. The van der Waals surface area contributed by atoms with E-state index in [1.807, 2.05) is 69.3 Å². The van der Waals surface area contributed by atoms with Crippen LogP contribution in [0, 0.1) is 0 Å². The molecule has 2 unspecified atom stereocenters. The molecule has 3 aromatic rings. The van der Waals surface area contributed by atoms with Crippen molar-refractivity contribution < 1.29 is 10.2 Å². The minimum absolute atomic E-state index is 0.291. The fourth-order valence-electron chi connectivity index (χ4n) is 3.27. The number of hydrogen-bond acceptors (Lipinski definition) is 3. The standard InChI is InChI=1S/C15H15NO.C9H12O.C2H6/c17-14-8-6-12(7-9-14)15-10-11-16(15)13-4-2-1-3-5-13;1-2-9(10)8-6-4-3-5-7-8;1-2/h1-9,15,17H,10-11H2;3-7,9-10H,2H2,1H3;1-2H3. The zero-order valence-corrected chi connectivity index (χ0v) is 17.7. The molecule has 2 atom stereocenters. The highest BCUT2D eigenvalue weighted by Crippen LogP contribution is 2.37. The maximum Gasteiger partial charge on any atom is 0.115 e. The second kappa shape index (κ2) is 11.9. The summed E-state index contributed by atoms with van der Waals surface area (Å²) in [4.78, 5) is 2.40. The summed E-state index contributed by atoms with van der Waals surface area (Å²) in [7, 11) is 0. The van der Waals surface area contributed by atoms with Gasteiger partial charge in [0.2, 0.25) is 0 Å². The van der Waals surface area contributed by atoms with Crippen molar-refractivity contribution in [3.05, 3.63) is 96.1 Å². The van der Waals surface area contributed by atoms with Crippen molar-refractivity contribution in [3.63, 3.8) is 0 Å². The van der Waals surface area contributed by atoms with Gasteiger partial charge in [0.15, 0.2) is 0 Å². The van der Waals surface area contributed by atoms with Gasteiger partial charge in [-0.1, -0.05) is 81.4 Å². The topological polar surface area (TPSA) is 43.7 Å². The number of rotatable bonds is 4. The molecule has 3 heteroatoms. The Bertz CT molecular complexity index is 803. The summed E-state index contributed by atoms with van der Waals surface area (Å²) in [6, 6.07) is 28.2. The first kappa shape index (κ1) is 22.5. The number of para-hydroxylation sites is 1. The minimum Gasteiger partial charge on any atom is -0.508 e. The summed E-state index contributed by atoms with van der Waals surface area (Å²) >= 11 is 0. The van der Waals surface area contributed by atoms with Crippen molar-refractivity contribution in [3.8, 4) is 5.75 Å². The maximum atomic E-state index is 9.33. The monoisotopic (exact) mass is 391 g/mol. The van der Waals surface area contributed by atoms with Crippen LogP contribution in [0.1, 0.15) is 56.9 Å². The molecule has 3 nitrogen and oxygen atoms in total.